The van der Waals surface area contributed by atoms with Gasteiger partial charge in [0.05, 0.1) is 4.92 Å². The summed E-state index contributed by atoms with van der Waals surface area (Å²) < 4.78 is 0.912. The molecule has 0 saturated carbocycles. The molecule has 20 heavy (non-hydrogen) atoms. The Morgan fingerprint density at radius 1 is 1.10 bits per heavy atom. The number of aryl methyl sites for hydroxylation is 1. The number of thiophene rings is 1. The van der Waals surface area contributed by atoms with Gasteiger partial charge in [0.15, 0.2) is 0 Å². The minimum atomic E-state index is -0.328. The Labute approximate surface area is 119 Å². The smallest absolute Gasteiger partial charge is 0.348 e. The van der Waals surface area contributed by atoms with Crippen LogP contribution >= 0.6 is 11.3 Å². The first-order valence-corrected chi connectivity index (χ1v) is 6.97. The first-order valence-electron chi connectivity index (χ1n) is 6.15. The van der Waals surface area contributed by atoms with Crippen molar-refractivity contribution in [2.75, 3.05) is 5.32 Å². The van der Waals surface area contributed by atoms with Crippen molar-refractivity contribution in [3.05, 3.63) is 64.2 Å². The number of fused-ring (bicyclic) bond motifs is 1. The van der Waals surface area contributed by atoms with Gasteiger partial charge in [0, 0.05) is 15.8 Å². The summed E-state index contributed by atoms with van der Waals surface area (Å²) in [7, 11) is 0. The first kappa shape index (κ1) is 12.6. The van der Waals surface area contributed by atoms with Gasteiger partial charge >= 0.3 is 5.00 Å². The monoisotopic (exact) mass is 284 g/mol. The number of para-hydroxylation sites is 1. The second-order valence-corrected chi connectivity index (χ2v) is 5.51. The third-order valence-corrected chi connectivity index (χ3v) is 4.27. The van der Waals surface area contributed by atoms with Crippen molar-refractivity contribution in [2.24, 2.45) is 0 Å². The summed E-state index contributed by atoms with van der Waals surface area (Å²) in [6, 6.07) is 15.3. The lowest BCUT2D eigenvalue weighted by Crippen LogP contribution is -1.95. The van der Waals surface area contributed by atoms with E-state index in [9.17, 15) is 10.1 Å². The van der Waals surface area contributed by atoms with Crippen LogP contribution in [-0.2, 0) is 0 Å². The van der Waals surface area contributed by atoms with Crippen LogP contribution in [0.2, 0.25) is 0 Å². The summed E-state index contributed by atoms with van der Waals surface area (Å²) in [6.07, 6.45) is 0. The molecule has 3 aromatic rings. The van der Waals surface area contributed by atoms with Crippen molar-refractivity contribution < 1.29 is 4.92 Å². The van der Waals surface area contributed by atoms with Crippen molar-refractivity contribution in [3.63, 3.8) is 0 Å². The fourth-order valence-corrected chi connectivity index (χ4v) is 3.10. The van der Waals surface area contributed by atoms with Crippen LogP contribution in [0.15, 0.2) is 48.5 Å². The molecule has 100 valence electrons. The zero-order chi connectivity index (χ0) is 14.1. The molecule has 3 rings (SSSR count). The molecule has 4 nitrogen and oxygen atoms in total. The van der Waals surface area contributed by atoms with Crippen molar-refractivity contribution in [2.45, 2.75) is 6.92 Å². The van der Waals surface area contributed by atoms with Crippen LogP contribution < -0.4 is 5.32 Å². The Morgan fingerprint density at radius 2 is 1.80 bits per heavy atom. The number of nitrogens with zero attached hydrogens (tertiary/aromatic N) is 1. The second kappa shape index (κ2) is 4.94. The van der Waals surface area contributed by atoms with Crippen LogP contribution in [0.1, 0.15) is 5.56 Å². The van der Waals surface area contributed by atoms with Gasteiger partial charge in [-0.3, -0.25) is 10.1 Å². The first-order chi connectivity index (χ1) is 9.66. The van der Waals surface area contributed by atoms with E-state index in [0.29, 0.717) is 5.69 Å². The van der Waals surface area contributed by atoms with Crippen LogP contribution in [0, 0.1) is 17.0 Å². The predicted octanol–water partition coefficient (Wildman–Crippen LogP) is 4.86. The summed E-state index contributed by atoms with van der Waals surface area (Å²) in [5, 5.41) is 15.5. The summed E-state index contributed by atoms with van der Waals surface area (Å²) >= 11 is 1.20. The largest absolute Gasteiger partial charge is 0.348 e. The van der Waals surface area contributed by atoms with E-state index in [4.69, 9.17) is 0 Å². The third kappa shape index (κ3) is 2.12. The number of anilines is 2. The zero-order valence-electron chi connectivity index (χ0n) is 10.8. The second-order valence-electron chi connectivity index (χ2n) is 4.48. The topological polar surface area (TPSA) is 55.2 Å². The number of rotatable bonds is 3. The minimum absolute atomic E-state index is 0.148. The van der Waals surface area contributed by atoms with Gasteiger partial charge in [-0.05, 0) is 24.6 Å². The van der Waals surface area contributed by atoms with Crippen LogP contribution in [0.4, 0.5) is 16.4 Å². The summed E-state index contributed by atoms with van der Waals surface area (Å²) in [6.45, 7) is 1.97. The number of nitro groups is 1. The Bertz CT molecular complexity index is 795. The molecule has 0 radical (unpaired) electrons. The van der Waals surface area contributed by atoms with Gasteiger partial charge in [0.1, 0.15) is 5.69 Å². The molecule has 0 amide bonds. The lowest BCUT2D eigenvalue weighted by Gasteiger charge is -2.07. The van der Waals surface area contributed by atoms with Crippen molar-refractivity contribution >= 4 is 37.8 Å². The molecular weight excluding hydrogens is 272 g/mol. The quantitative estimate of drug-likeness (QED) is 0.552. The Morgan fingerprint density at radius 3 is 2.55 bits per heavy atom. The van der Waals surface area contributed by atoms with Gasteiger partial charge in [-0.2, -0.15) is 0 Å². The van der Waals surface area contributed by atoms with E-state index in [1.54, 1.807) is 0 Å². The van der Waals surface area contributed by atoms with E-state index in [-0.39, 0.29) is 9.92 Å². The van der Waals surface area contributed by atoms with Gasteiger partial charge in [-0.25, -0.2) is 0 Å². The van der Waals surface area contributed by atoms with Gasteiger partial charge in [-0.1, -0.05) is 47.7 Å². The van der Waals surface area contributed by atoms with Crippen LogP contribution in [-0.4, -0.2) is 4.92 Å². The highest BCUT2D eigenvalue weighted by atomic mass is 32.1. The van der Waals surface area contributed by atoms with Crippen LogP contribution in [0.3, 0.4) is 0 Å². The SMILES string of the molecule is Cc1ccccc1Nc1c([N+](=O)[O-])sc2ccccc12. The lowest BCUT2D eigenvalue weighted by atomic mass is 10.2. The van der Waals surface area contributed by atoms with Gasteiger partial charge < -0.3 is 5.32 Å². The Balaban J connectivity index is 2.17. The molecule has 0 aliphatic carbocycles. The maximum Gasteiger partial charge on any atom is 0.348 e. The number of nitrogens with one attached hydrogen (secondary N) is 1. The highest BCUT2D eigenvalue weighted by Crippen LogP contribution is 2.43. The van der Waals surface area contributed by atoms with Crippen molar-refractivity contribution in [3.8, 4) is 0 Å². The average Bonchev–Trinajstić information content (AvgIpc) is 2.81. The van der Waals surface area contributed by atoms with Gasteiger partial charge in [0.25, 0.3) is 0 Å². The predicted molar refractivity (Wildman–Crippen MR) is 82.9 cm³/mol. The third-order valence-electron chi connectivity index (χ3n) is 3.15. The highest BCUT2D eigenvalue weighted by molar-refractivity contribution is 7.23. The highest BCUT2D eigenvalue weighted by Gasteiger charge is 2.21. The molecular formula is C15H12N2O2S. The molecule has 0 unspecified atom stereocenters. The maximum atomic E-state index is 11.2. The van der Waals surface area contributed by atoms with E-state index in [1.807, 2.05) is 55.5 Å². The summed E-state index contributed by atoms with van der Waals surface area (Å²) in [5.41, 5.74) is 2.51. The van der Waals surface area contributed by atoms with E-state index in [1.165, 1.54) is 11.3 Å². The summed E-state index contributed by atoms with van der Waals surface area (Å²) in [4.78, 5) is 10.9. The number of benzene rings is 2. The normalized spacial score (nSPS) is 10.7. The van der Waals surface area contributed by atoms with E-state index < -0.39 is 0 Å². The standard InChI is InChI=1S/C15H12N2O2S/c1-10-6-2-4-8-12(10)16-14-11-7-3-5-9-13(11)20-15(14)17(18)19/h2-9,16H,1H3. The maximum absolute atomic E-state index is 11.2. The molecule has 0 spiro atoms. The van der Waals surface area contributed by atoms with Gasteiger partial charge in [0.2, 0.25) is 0 Å². The van der Waals surface area contributed by atoms with E-state index in [2.05, 4.69) is 5.32 Å². The number of hydrogen-bond donors (Lipinski definition) is 1. The molecule has 1 aromatic heterocycles. The average molecular weight is 284 g/mol. The summed E-state index contributed by atoms with van der Waals surface area (Å²) in [5.74, 6) is 0. The fraction of sp³-hybridized carbons (Fsp3) is 0.0667. The van der Waals surface area contributed by atoms with Crippen molar-refractivity contribution in [1.82, 2.24) is 0 Å². The molecule has 0 bridgehead atoms. The zero-order valence-corrected chi connectivity index (χ0v) is 11.6. The molecule has 0 aliphatic heterocycles. The van der Waals surface area contributed by atoms with Crippen LogP contribution in [0.5, 0.6) is 0 Å². The molecule has 0 aliphatic rings. The molecule has 5 heteroatoms. The lowest BCUT2D eigenvalue weighted by molar-refractivity contribution is -0.379. The Kier molecular flexibility index (Phi) is 3.12. The molecule has 2 aromatic carbocycles. The van der Waals surface area contributed by atoms with E-state index >= 15 is 0 Å². The van der Waals surface area contributed by atoms with E-state index in [0.717, 1.165) is 21.3 Å². The van der Waals surface area contributed by atoms with Gasteiger partial charge in [-0.15, -0.1) is 0 Å². The molecule has 0 atom stereocenters. The molecule has 0 fully saturated rings. The molecule has 1 heterocycles. The number of hydrogen-bond acceptors (Lipinski definition) is 4. The molecule has 1 N–H and O–H groups in total. The Hall–Kier alpha value is -2.40. The van der Waals surface area contributed by atoms with Crippen molar-refractivity contribution in [1.29, 1.82) is 0 Å². The van der Waals surface area contributed by atoms with Crippen LogP contribution in [0.25, 0.3) is 10.1 Å². The fourth-order valence-electron chi connectivity index (χ4n) is 2.13. The minimum Gasteiger partial charge on any atom is -0.348 e. The molecule has 0 saturated heterocycles.